The first kappa shape index (κ1) is 37.2. The quantitative estimate of drug-likeness (QED) is 0.0396. The molecule has 1 aliphatic carbocycles. The van der Waals surface area contributed by atoms with Gasteiger partial charge in [-0.05, 0) is 83.8 Å². The van der Waals surface area contributed by atoms with Crippen molar-refractivity contribution in [3.05, 3.63) is 119 Å². The highest BCUT2D eigenvalue weighted by Gasteiger charge is 2.37. The van der Waals surface area contributed by atoms with Crippen LogP contribution in [0.25, 0.3) is 17.2 Å². The Kier molecular flexibility index (Phi) is 10.2. The van der Waals surface area contributed by atoms with Gasteiger partial charge in [-0.1, -0.05) is 42.5 Å². The molecule has 0 fully saturated rings. The van der Waals surface area contributed by atoms with Gasteiger partial charge in [0.1, 0.15) is 21.2 Å². The molecule has 6 rings (SSSR count). The molecule has 0 bridgehead atoms. The number of hydrazone groups is 1. The summed E-state index contributed by atoms with van der Waals surface area (Å²) in [6, 6.07) is 26.4. The second-order valence-corrected chi connectivity index (χ2v) is 14.5. The summed E-state index contributed by atoms with van der Waals surface area (Å²) in [6.45, 7) is 1.87. The molecule has 0 spiro atoms. The van der Waals surface area contributed by atoms with Crippen molar-refractivity contribution in [2.75, 3.05) is 24.0 Å². The van der Waals surface area contributed by atoms with E-state index >= 15 is 0 Å². The van der Waals surface area contributed by atoms with Gasteiger partial charge < -0.3 is 16.2 Å². The van der Waals surface area contributed by atoms with E-state index in [1.165, 1.54) is 7.11 Å². The van der Waals surface area contributed by atoms with Crippen LogP contribution in [0.4, 0.5) is 39.8 Å². The highest BCUT2D eigenvalue weighted by atomic mass is 32.2. The fourth-order valence-electron chi connectivity index (χ4n) is 5.38. The molecule has 0 atom stereocenters. The maximum atomic E-state index is 13.7. The second-order valence-electron chi connectivity index (χ2n) is 11.7. The normalized spacial score (nSPS) is 14.0. The number of azo groups is 2. The molecule has 54 heavy (non-hydrogen) atoms. The number of ether oxygens (including phenoxy) is 1. The first-order valence-corrected chi connectivity index (χ1v) is 18.6. The molecule has 0 radical (unpaired) electrons. The fraction of sp³-hybridized carbons (Fsp3) is 0.0556. The van der Waals surface area contributed by atoms with E-state index in [0.29, 0.717) is 28.5 Å². The summed E-state index contributed by atoms with van der Waals surface area (Å²) in [5.74, 6) is -0.574. The Labute approximate surface area is 309 Å². The number of anilines is 3. The molecule has 1 aliphatic rings. The molecule has 0 saturated carbocycles. The zero-order valence-electron chi connectivity index (χ0n) is 28.4. The van der Waals surface area contributed by atoms with Gasteiger partial charge in [-0.3, -0.25) is 19.3 Å². The van der Waals surface area contributed by atoms with Crippen molar-refractivity contribution >= 4 is 77.6 Å². The van der Waals surface area contributed by atoms with Crippen LogP contribution in [0.15, 0.2) is 132 Å². The first-order valence-electron chi connectivity index (χ1n) is 15.7. The highest BCUT2D eigenvalue weighted by Crippen LogP contribution is 2.41. The van der Waals surface area contributed by atoms with E-state index in [9.17, 15) is 30.7 Å². The minimum Gasteiger partial charge on any atom is -0.495 e. The van der Waals surface area contributed by atoms with Crippen LogP contribution in [0.5, 0.6) is 5.75 Å². The maximum absolute atomic E-state index is 13.7. The van der Waals surface area contributed by atoms with Gasteiger partial charge in [-0.2, -0.15) is 37.3 Å². The van der Waals surface area contributed by atoms with E-state index in [2.05, 4.69) is 31.0 Å². The van der Waals surface area contributed by atoms with Crippen LogP contribution >= 0.6 is 0 Å². The Bertz CT molecular complexity index is 2640. The van der Waals surface area contributed by atoms with E-state index in [-0.39, 0.29) is 16.8 Å². The lowest BCUT2D eigenvalue weighted by atomic mass is 9.92. The van der Waals surface area contributed by atoms with Crippen LogP contribution in [0.1, 0.15) is 21.5 Å². The molecule has 0 unspecified atom stereocenters. The minimum atomic E-state index is -5.06. The molecule has 0 aliphatic heterocycles. The number of carbonyl (C=O) groups excluding carboxylic acids is 1. The summed E-state index contributed by atoms with van der Waals surface area (Å²) in [7, 11) is -8.59. The number of ketones is 1. The van der Waals surface area contributed by atoms with Crippen molar-refractivity contribution in [2.24, 2.45) is 25.6 Å². The van der Waals surface area contributed by atoms with Crippen LogP contribution < -0.4 is 21.6 Å². The van der Waals surface area contributed by atoms with Crippen molar-refractivity contribution in [1.82, 2.24) is 0 Å². The predicted octanol–water partition coefficient (Wildman–Crippen LogP) is 7.81. The number of fused-ring (bicyclic) bond motifs is 1. The molecule has 0 amide bonds. The average Bonchev–Trinajstić information content (AvgIpc) is 3.13. The highest BCUT2D eigenvalue weighted by molar-refractivity contribution is 7.91. The monoisotopic (exact) mass is 766 g/mol. The van der Waals surface area contributed by atoms with Crippen LogP contribution in [-0.4, -0.2) is 44.5 Å². The molecule has 0 saturated heterocycles. The van der Waals surface area contributed by atoms with Gasteiger partial charge in [0, 0.05) is 6.07 Å². The molecule has 5 aromatic rings. The van der Waals surface area contributed by atoms with Gasteiger partial charge in [0.15, 0.2) is 5.71 Å². The maximum Gasteiger partial charge on any atom is 0.296 e. The Morgan fingerprint density at radius 3 is 1.89 bits per heavy atom. The summed E-state index contributed by atoms with van der Waals surface area (Å²) in [4.78, 5) is 11.9. The number of hydrogen-bond donors (Lipinski definition) is 5. The number of nitrogens with zero attached hydrogens (tertiary/aromatic N) is 5. The second kappa shape index (κ2) is 14.8. The van der Waals surface area contributed by atoms with Crippen LogP contribution in [0.3, 0.4) is 0 Å². The Hall–Kier alpha value is -6.60. The molecular weight excluding hydrogens is 737 g/mol. The summed E-state index contributed by atoms with van der Waals surface area (Å²) in [5.41, 5.74) is 17.1. The third-order valence-corrected chi connectivity index (χ3v) is 9.81. The standard InChI is InChI=1S/C36H30N8O8S2/c1-20-16-27(37)29(52-2)19-28(20)42-39-25-12-8-21(9-13-25)22-10-14-26(15-11-22)41-43-34-30(53(46,47)48)17-23-18-31(54(49,50)51)35(36(45)32(23)33(34)38)44-40-24-6-4-3-5-7-24/h3-19,40H,37-38H2,1-2H3,(H,46,47,48)(H,49,50,51). The summed E-state index contributed by atoms with van der Waals surface area (Å²) in [6.07, 6.45) is 0.815. The number of rotatable bonds is 10. The number of Topliss-reactive ketones (excluding diaryl/α,β-unsaturated/α-hetero) is 1. The summed E-state index contributed by atoms with van der Waals surface area (Å²) >= 11 is 0. The Morgan fingerprint density at radius 2 is 1.33 bits per heavy atom. The molecule has 16 nitrogen and oxygen atoms in total. The van der Waals surface area contributed by atoms with Gasteiger partial charge in [0.05, 0.1) is 46.8 Å². The third-order valence-electron chi connectivity index (χ3n) is 8.08. The van der Waals surface area contributed by atoms with Gasteiger partial charge in [0.2, 0.25) is 5.78 Å². The number of nitrogen functional groups attached to an aromatic ring is 2. The number of carbonyl (C=O) groups is 1. The molecular formula is C36H30N8O8S2. The van der Waals surface area contributed by atoms with Crippen LogP contribution in [0.2, 0.25) is 0 Å². The Morgan fingerprint density at radius 1 is 0.741 bits per heavy atom. The lowest BCUT2D eigenvalue weighted by Gasteiger charge is -2.20. The molecule has 18 heteroatoms. The fourth-order valence-corrected chi connectivity index (χ4v) is 6.71. The number of methoxy groups -OCH3 is 1. The summed E-state index contributed by atoms with van der Waals surface area (Å²) in [5, 5.41) is 20.6. The van der Waals surface area contributed by atoms with Gasteiger partial charge in [-0.25, -0.2) is 0 Å². The molecule has 7 N–H and O–H groups in total. The molecule has 274 valence electrons. The summed E-state index contributed by atoms with van der Waals surface area (Å²) < 4.78 is 74.7. The number of para-hydroxylation sites is 1. The van der Waals surface area contributed by atoms with Gasteiger partial charge >= 0.3 is 0 Å². The smallest absolute Gasteiger partial charge is 0.296 e. The first-order chi connectivity index (χ1) is 25.6. The number of hydrogen-bond acceptors (Lipinski definition) is 14. The van der Waals surface area contributed by atoms with Gasteiger partial charge in [0.25, 0.3) is 20.2 Å². The van der Waals surface area contributed by atoms with E-state index in [1.54, 1.807) is 78.9 Å². The Balaban J connectivity index is 1.28. The van der Waals surface area contributed by atoms with Crippen LogP contribution in [0, 0.1) is 6.92 Å². The van der Waals surface area contributed by atoms with Crippen molar-refractivity contribution in [3.8, 4) is 16.9 Å². The van der Waals surface area contributed by atoms with Crippen LogP contribution in [-0.2, 0) is 20.2 Å². The largest absolute Gasteiger partial charge is 0.495 e. The van der Waals surface area contributed by atoms with Crippen molar-refractivity contribution in [3.63, 3.8) is 0 Å². The lowest BCUT2D eigenvalue weighted by Crippen LogP contribution is -2.28. The number of benzene rings is 5. The SMILES string of the molecule is COc1cc(N=Nc2ccc(-c3ccc(N=Nc4c(S(=O)(=O)O)cc5c(c4N)C(=O)C(=NNc4ccccc4)C(S(=O)(=O)O)=C5)cc3)cc2)c(C)cc1N. The zero-order valence-corrected chi connectivity index (χ0v) is 30.0. The topological polar surface area (TPSA) is 261 Å². The molecule has 0 aromatic heterocycles. The minimum absolute atomic E-state index is 0.256. The zero-order chi connectivity index (χ0) is 38.8. The number of allylic oxidation sites excluding steroid dienone is 1. The number of nitrogens with one attached hydrogen (secondary N) is 1. The molecule has 5 aromatic carbocycles. The lowest BCUT2D eigenvalue weighted by molar-refractivity contribution is 0.106. The number of nitrogens with two attached hydrogens (primary N) is 2. The third kappa shape index (κ3) is 7.91. The van der Waals surface area contributed by atoms with E-state index in [0.717, 1.165) is 28.8 Å². The predicted molar refractivity (Wildman–Crippen MR) is 204 cm³/mol. The molecule has 0 heterocycles. The van der Waals surface area contributed by atoms with E-state index in [1.807, 2.05) is 19.1 Å². The van der Waals surface area contributed by atoms with Crippen molar-refractivity contribution in [2.45, 2.75) is 11.8 Å². The van der Waals surface area contributed by atoms with Gasteiger partial charge in [-0.15, -0.1) is 5.11 Å². The van der Waals surface area contributed by atoms with Crippen molar-refractivity contribution < 1.29 is 35.5 Å². The van der Waals surface area contributed by atoms with E-state index in [4.69, 9.17) is 16.2 Å². The van der Waals surface area contributed by atoms with Crippen molar-refractivity contribution in [1.29, 1.82) is 0 Å². The average molecular weight is 767 g/mol. The van der Waals surface area contributed by atoms with E-state index < -0.39 is 52.9 Å². The number of aryl methyl sites for hydroxylation is 1.